The van der Waals surface area contributed by atoms with E-state index in [1.54, 1.807) is 29.5 Å². The fraction of sp³-hybridized carbons (Fsp3) is 0.476. The molecule has 1 aromatic carbocycles. The quantitative estimate of drug-likeness (QED) is 0.314. The second-order valence-electron chi connectivity index (χ2n) is 6.94. The third-order valence-electron chi connectivity index (χ3n) is 4.67. The van der Waals surface area contributed by atoms with E-state index in [0.29, 0.717) is 12.6 Å². The van der Waals surface area contributed by atoms with Gasteiger partial charge < -0.3 is 20.3 Å². The predicted octanol–water partition coefficient (Wildman–Crippen LogP) is 4.50. The van der Waals surface area contributed by atoms with Gasteiger partial charge in [-0.3, -0.25) is 0 Å². The van der Waals surface area contributed by atoms with Gasteiger partial charge in [-0.2, -0.15) is 0 Å². The van der Waals surface area contributed by atoms with Crippen LogP contribution in [0.15, 0.2) is 46.8 Å². The minimum Gasteiger partial charge on any atom is -0.486 e. The molecule has 8 heteroatoms. The molecule has 29 heavy (non-hydrogen) atoms. The smallest absolute Gasteiger partial charge is 0.191 e. The molecule has 1 aliphatic rings. The number of hydrogen-bond acceptors (Lipinski definition) is 4. The summed E-state index contributed by atoms with van der Waals surface area (Å²) >= 11 is 1.79. The van der Waals surface area contributed by atoms with Gasteiger partial charge in [0.25, 0.3) is 0 Å². The Morgan fingerprint density at radius 3 is 2.69 bits per heavy atom. The number of ether oxygens (including phenoxy) is 1. The summed E-state index contributed by atoms with van der Waals surface area (Å²) in [5.41, 5.74) is 0. The van der Waals surface area contributed by atoms with Gasteiger partial charge in [-0.05, 0) is 56.3 Å². The average Bonchev–Trinajstić information content (AvgIpc) is 3.23. The fourth-order valence-electron chi connectivity index (χ4n) is 3.22. The van der Waals surface area contributed by atoms with Crippen molar-refractivity contribution in [2.24, 2.45) is 4.99 Å². The van der Waals surface area contributed by atoms with Gasteiger partial charge in [-0.1, -0.05) is 12.1 Å². The van der Waals surface area contributed by atoms with E-state index in [2.05, 4.69) is 45.0 Å². The van der Waals surface area contributed by atoms with Crippen LogP contribution in [0.4, 0.5) is 9.39 Å². The number of piperidine rings is 1. The highest BCUT2D eigenvalue weighted by atomic mass is 127. The first kappa shape index (κ1) is 23.7. The summed E-state index contributed by atoms with van der Waals surface area (Å²) in [7, 11) is 0. The van der Waals surface area contributed by atoms with Gasteiger partial charge in [0.15, 0.2) is 17.5 Å². The molecule has 0 amide bonds. The second kappa shape index (κ2) is 12.2. The van der Waals surface area contributed by atoms with Crippen LogP contribution in [-0.2, 0) is 0 Å². The van der Waals surface area contributed by atoms with Crippen LogP contribution in [-0.4, -0.2) is 44.3 Å². The van der Waals surface area contributed by atoms with Crippen molar-refractivity contribution in [3.8, 4) is 5.75 Å². The summed E-state index contributed by atoms with van der Waals surface area (Å²) in [6.45, 7) is 7.30. The molecule has 2 heterocycles. The zero-order chi connectivity index (χ0) is 19.8. The van der Waals surface area contributed by atoms with Gasteiger partial charge in [0.2, 0.25) is 0 Å². The van der Waals surface area contributed by atoms with Crippen LogP contribution in [0.3, 0.4) is 0 Å². The summed E-state index contributed by atoms with van der Waals surface area (Å²) in [5.74, 6) is 0.714. The van der Waals surface area contributed by atoms with Gasteiger partial charge in [0.1, 0.15) is 6.10 Å². The number of para-hydroxylation sites is 1. The van der Waals surface area contributed by atoms with Crippen molar-refractivity contribution in [1.82, 2.24) is 10.6 Å². The van der Waals surface area contributed by atoms with Crippen molar-refractivity contribution < 1.29 is 9.13 Å². The number of halogens is 2. The minimum atomic E-state index is -0.346. The Hall–Kier alpha value is -1.55. The molecule has 0 spiro atoms. The molecule has 0 bridgehead atoms. The van der Waals surface area contributed by atoms with E-state index in [4.69, 9.17) is 4.74 Å². The molecular formula is C21H30FIN4OS. The van der Waals surface area contributed by atoms with Crippen molar-refractivity contribution >= 4 is 46.3 Å². The predicted molar refractivity (Wildman–Crippen MR) is 131 cm³/mol. The van der Waals surface area contributed by atoms with Crippen LogP contribution in [0.2, 0.25) is 0 Å². The molecule has 5 nitrogen and oxygen atoms in total. The van der Waals surface area contributed by atoms with Crippen LogP contribution in [0.1, 0.15) is 26.7 Å². The van der Waals surface area contributed by atoms with Gasteiger partial charge >= 0.3 is 0 Å². The summed E-state index contributed by atoms with van der Waals surface area (Å²) in [6, 6.07) is 11.1. The third-order valence-corrected chi connectivity index (χ3v) is 5.60. The lowest BCUT2D eigenvalue weighted by atomic mass is 10.1. The Balaban J connectivity index is 0.00000300. The van der Waals surface area contributed by atoms with E-state index in [0.717, 1.165) is 38.4 Å². The summed E-state index contributed by atoms with van der Waals surface area (Å²) < 4.78 is 19.4. The lowest BCUT2D eigenvalue weighted by Gasteiger charge is -2.33. The molecule has 0 saturated carbocycles. The van der Waals surface area contributed by atoms with Gasteiger partial charge in [-0.15, -0.1) is 35.3 Å². The lowest BCUT2D eigenvalue weighted by Crippen LogP contribution is -2.49. The minimum absolute atomic E-state index is 0. The number of guanidine groups is 1. The summed E-state index contributed by atoms with van der Waals surface area (Å²) in [4.78, 5) is 7.08. The maximum atomic E-state index is 13.7. The van der Waals surface area contributed by atoms with Crippen molar-refractivity contribution in [2.75, 3.05) is 31.1 Å². The zero-order valence-corrected chi connectivity index (χ0v) is 20.1. The van der Waals surface area contributed by atoms with Crippen molar-refractivity contribution in [3.05, 3.63) is 47.6 Å². The van der Waals surface area contributed by atoms with E-state index in [-0.39, 0.29) is 41.6 Å². The standard InChI is InChI=1S/C21H29FN4OS.HI/c1-3-23-21(24-15-16(2)27-19-8-5-4-7-18(19)22)25-17-10-12-26(13-11-17)20-9-6-14-28-20;/h4-9,14,16-17H,3,10-13,15H2,1-2H3,(H2,23,24,25);1H. The van der Waals surface area contributed by atoms with Crippen LogP contribution >= 0.6 is 35.3 Å². The molecule has 1 atom stereocenters. The molecule has 1 unspecified atom stereocenters. The van der Waals surface area contributed by atoms with Crippen molar-refractivity contribution in [2.45, 2.75) is 38.8 Å². The number of aliphatic imine (C=N–C) groups is 1. The monoisotopic (exact) mass is 532 g/mol. The fourth-order valence-corrected chi connectivity index (χ4v) is 4.01. The molecule has 2 N–H and O–H groups in total. The van der Waals surface area contributed by atoms with Crippen molar-refractivity contribution in [3.63, 3.8) is 0 Å². The first-order valence-corrected chi connectivity index (χ1v) is 10.8. The lowest BCUT2D eigenvalue weighted by molar-refractivity contribution is 0.220. The molecule has 1 fully saturated rings. The Bertz CT molecular complexity index is 751. The highest BCUT2D eigenvalue weighted by molar-refractivity contribution is 14.0. The summed E-state index contributed by atoms with van der Waals surface area (Å²) in [5, 5.41) is 10.3. The number of benzene rings is 1. The summed E-state index contributed by atoms with van der Waals surface area (Å²) in [6.07, 6.45) is 1.93. The molecule has 1 saturated heterocycles. The van der Waals surface area contributed by atoms with Gasteiger partial charge in [0, 0.05) is 25.7 Å². The highest BCUT2D eigenvalue weighted by Crippen LogP contribution is 2.24. The number of hydrogen-bond donors (Lipinski definition) is 2. The second-order valence-corrected chi connectivity index (χ2v) is 7.86. The molecule has 160 valence electrons. The first-order chi connectivity index (χ1) is 13.7. The number of thiophene rings is 1. The Labute approximate surface area is 193 Å². The topological polar surface area (TPSA) is 48.9 Å². The SMILES string of the molecule is CCNC(=NCC(C)Oc1ccccc1F)NC1CCN(c2cccs2)CC1.I. The number of anilines is 1. The maximum absolute atomic E-state index is 13.7. The number of nitrogens with one attached hydrogen (secondary N) is 2. The molecule has 3 rings (SSSR count). The maximum Gasteiger partial charge on any atom is 0.191 e. The van der Waals surface area contributed by atoms with E-state index < -0.39 is 0 Å². The van der Waals surface area contributed by atoms with Crippen LogP contribution in [0, 0.1) is 5.82 Å². The Kier molecular flexibility index (Phi) is 9.99. The normalized spacial score (nSPS) is 16.1. The number of rotatable bonds is 7. The highest BCUT2D eigenvalue weighted by Gasteiger charge is 2.20. The molecule has 1 aliphatic heterocycles. The van der Waals surface area contributed by atoms with E-state index in [1.165, 1.54) is 11.1 Å². The molecule has 0 radical (unpaired) electrons. The van der Waals surface area contributed by atoms with Crippen LogP contribution in [0.25, 0.3) is 0 Å². The van der Waals surface area contributed by atoms with E-state index in [1.807, 2.05) is 6.92 Å². The van der Waals surface area contributed by atoms with E-state index >= 15 is 0 Å². The molecular weight excluding hydrogens is 502 g/mol. The van der Waals surface area contributed by atoms with Crippen LogP contribution in [0.5, 0.6) is 5.75 Å². The third kappa shape index (κ3) is 7.33. The molecule has 2 aromatic rings. The average molecular weight is 532 g/mol. The van der Waals surface area contributed by atoms with Crippen LogP contribution < -0.4 is 20.3 Å². The van der Waals surface area contributed by atoms with E-state index in [9.17, 15) is 4.39 Å². The van der Waals surface area contributed by atoms with Gasteiger partial charge in [0.05, 0.1) is 11.5 Å². The Morgan fingerprint density at radius 1 is 1.28 bits per heavy atom. The Morgan fingerprint density at radius 2 is 2.03 bits per heavy atom. The number of nitrogens with zero attached hydrogens (tertiary/aromatic N) is 2. The van der Waals surface area contributed by atoms with Crippen molar-refractivity contribution in [1.29, 1.82) is 0 Å². The molecule has 1 aromatic heterocycles. The largest absolute Gasteiger partial charge is 0.486 e. The first-order valence-electron chi connectivity index (χ1n) is 9.90. The molecule has 0 aliphatic carbocycles. The zero-order valence-electron chi connectivity index (χ0n) is 16.9. The van der Waals surface area contributed by atoms with Gasteiger partial charge in [-0.25, -0.2) is 9.38 Å².